The third-order valence-electron chi connectivity index (χ3n) is 6.13. The SMILES string of the molecule is O=C(CCN1CCCCC1)N[C@H]1CC[C@@H](CCNS(=O)(=O)c2ccc(Cl)cc2)O[C@@H]1CO. The molecule has 32 heavy (non-hydrogen) atoms. The van der Waals surface area contributed by atoms with Gasteiger partial charge in [0.1, 0.15) is 6.10 Å². The van der Waals surface area contributed by atoms with Gasteiger partial charge < -0.3 is 20.1 Å². The topological polar surface area (TPSA) is 108 Å². The molecule has 2 fully saturated rings. The summed E-state index contributed by atoms with van der Waals surface area (Å²) in [5.74, 6) is -0.0169. The number of hydrogen-bond donors (Lipinski definition) is 3. The van der Waals surface area contributed by atoms with Gasteiger partial charge in [-0.05, 0) is 69.5 Å². The Morgan fingerprint density at radius 3 is 2.56 bits per heavy atom. The summed E-state index contributed by atoms with van der Waals surface area (Å²) in [6.45, 7) is 2.91. The summed E-state index contributed by atoms with van der Waals surface area (Å²) < 4.78 is 33.3. The van der Waals surface area contributed by atoms with Crippen molar-refractivity contribution in [3.63, 3.8) is 0 Å². The van der Waals surface area contributed by atoms with Crippen molar-refractivity contribution < 1.29 is 23.1 Å². The van der Waals surface area contributed by atoms with Gasteiger partial charge in [0.15, 0.2) is 0 Å². The van der Waals surface area contributed by atoms with E-state index in [1.165, 1.54) is 43.5 Å². The molecule has 3 N–H and O–H groups in total. The third kappa shape index (κ3) is 7.67. The number of aliphatic hydroxyl groups excluding tert-OH is 1. The highest BCUT2D eigenvalue weighted by Gasteiger charge is 2.32. The zero-order valence-electron chi connectivity index (χ0n) is 18.3. The Morgan fingerprint density at radius 1 is 1.16 bits per heavy atom. The zero-order valence-corrected chi connectivity index (χ0v) is 19.9. The van der Waals surface area contributed by atoms with Crippen LogP contribution in [0.3, 0.4) is 0 Å². The molecule has 0 bridgehead atoms. The molecule has 2 heterocycles. The summed E-state index contributed by atoms with van der Waals surface area (Å²) >= 11 is 5.81. The van der Waals surface area contributed by atoms with Gasteiger partial charge in [-0.15, -0.1) is 0 Å². The van der Waals surface area contributed by atoms with E-state index < -0.39 is 16.1 Å². The quantitative estimate of drug-likeness (QED) is 0.465. The largest absolute Gasteiger partial charge is 0.394 e. The molecule has 0 radical (unpaired) electrons. The maximum Gasteiger partial charge on any atom is 0.240 e. The van der Waals surface area contributed by atoms with Gasteiger partial charge in [0.25, 0.3) is 0 Å². The maximum absolute atomic E-state index is 12.4. The standard InChI is InChI=1S/C22H34ClN3O5S/c23-17-4-7-19(8-5-17)32(29,30)24-12-10-18-6-9-20(21(16-27)31-18)25-22(28)11-15-26-13-2-1-3-14-26/h4-5,7-8,18,20-21,24,27H,1-3,6,9-16H2,(H,25,28)/t18-,20-,21+/m0/s1. The van der Waals surface area contributed by atoms with Crippen LogP contribution in [-0.4, -0.2) is 75.4 Å². The molecule has 2 aliphatic heterocycles. The monoisotopic (exact) mass is 487 g/mol. The summed E-state index contributed by atoms with van der Waals surface area (Å²) in [7, 11) is -3.61. The lowest BCUT2D eigenvalue weighted by Crippen LogP contribution is -2.51. The van der Waals surface area contributed by atoms with Crippen LogP contribution in [0.5, 0.6) is 0 Å². The van der Waals surface area contributed by atoms with Crippen LogP contribution in [0.25, 0.3) is 0 Å². The number of halogens is 1. The molecule has 0 aliphatic carbocycles. The molecule has 0 aromatic heterocycles. The van der Waals surface area contributed by atoms with Gasteiger partial charge in [0.2, 0.25) is 15.9 Å². The van der Waals surface area contributed by atoms with Crippen LogP contribution in [0.1, 0.15) is 44.9 Å². The van der Waals surface area contributed by atoms with Gasteiger partial charge in [-0.3, -0.25) is 4.79 Å². The molecule has 3 atom stereocenters. The van der Waals surface area contributed by atoms with E-state index in [0.717, 1.165) is 19.6 Å². The summed E-state index contributed by atoms with van der Waals surface area (Å²) in [6.07, 6.45) is 5.31. The first kappa shape index (κ1) is 25.4. The summed E-state index contributed by atoms with van der Waals surface area (Å²) in [4.78, 5) is 14.9. The molecule has 2 saturated heterocycles. The fourth-order valence-corrected chi connectivity index (χ4v) is 5.46. The van der Waals surface area contributed by atoms with Crippen molar-refractivity contribution in [1.82, 2.24) is 14.9 Å². The summed E-state index contributed by atoms with van der Waals surface area (Å²) in [5.41, 5.74) is 0. The van der Waals surface area contributed by atoms with Crippen LogP contribution in [-0.2, 0) is 19.6 Å². The van der Waals surface area contributed by atoms with Crippen LogP contribution in [0, 0.1) is 0 Å². The van der Waals surface area contributed by atoms with Crippen LogP contribution < -0.4 is 10.0 Å². The third-order valence-corrected chi connectivity index (χ3v) is 7.86. The van der Waals surface area contributed by atoms with E-state index in [1.54, 1.807) is 0 Å². The number of likely N-dealkylation sites (tertiary alicyclic amines) is 1. The average molecular weight is 488 g/mol. The van der Waals surface area contributed by atoms with Crippen molar-refractivity contribution >= 4 is 27.5 Å². The Kier molecular flexibility index (Phi) is 9.76. The molecule has 0 spiro atoms. The van der Waals surface area contributed by atoms with E-state index in [9.17, 15) is 18.3 Å². The van der Waals surface area contributed by atoms with E-state index >= 15 is 0 Å². The van der Waals surface area contributed by atoms with E-state index in [-0.39, 0.29) is 36.1 Å². The number of carbonyl (C=O) groups is 1. The Morgan fingerprint density at radius 2 is 1.88 bits per heavy atom. The first-order chi connectivity index (χ1) is 15.4. The molecule has 0 saturated carbocycles. The molecule has 10 heteroatoms. The van der Waals surface area contributed by atoms with E-state index in [2.05, 4.69) is 14.9 Å². The number of rotatable bonds is 10. The second-order valence-corrected chi connectivity index (χ2v) is 10.7. The smallest absolute Gasteiger partial charge is 0.240 e. The van der Waals surface area contributed by atoms with Gasteiger partial charge in [0.05, 0.1) is 23.6 Å². The second kappa shape index (κ2) is 12.3. The number of sulfonamides is 1. The van der Waals surface area contributed by atoms with E-state index in [4.69, 9.17) is 16.3 Å². The minimum atomic E-state index is -3.61. The Bertz CT molecular complexity index is 830. The Balaban J connectivity index is 1.39. The summed E-state index contributed by atoms with van der Waals surface area (Å²) in [5, 5.41) is 13.2. The second-order valence-electron chi connectivity index (χ2n) is 8.52. The molecule has 8 nitrogen and oxygen atoms in total. The Hall–Kier alpha value is -1.23. The molecule has 1 aromatic carbocycles. The highest BCUT2D eigenvalue weighted by molar-refractivity contribution is 7.89. The number of nitrogens with zero attached hydrogens (tertiary/aromatic N) is 1. The minimum absolute atomic E-state index is 0.0169. The van der Waals surface area contributed by atoms with Crippen molar-refractivity contribution in [2.75, 3.05) is 32.8 Å². The van der Waals surface area contributed by atoms with Crippen molar-refractivity contribution in [2.24, 2.45) is 0 Å². The van der Waals surface area contributed by atoms with Gasteiger partial charge in [-0.2, -0.15) is 0 Å². The van der Waals surface area contributed by atoms with Gasteiger partial charge in [-0.1, -0.05) is 18.0 Å². The first-order valence-electron chi connectivity index (χ1n) is 11.4. The van der Waals surface area contributed by atoms with Crippen molar-refractivity contribution in [3.05, 3.63) is 29.3 Å². The number of amides is 1. The number of ether oxygens (including phenoxy) is 1. The zero-order chi connectivity index (χ0) is 23.0. The molecule has 1 amide bonds. The lowest BCUT2D eigenvalue weighted by Gasteiger charge is -2.36. The molecule has 180 valence electrons. The first-order valence-corrected chi connectivity index (χ1v) is 13.3. The number of hydrogen-bond acceptors (Lipinski definition) is 6. The maximum atomic E-state index is 12.4. The average Bonchev–Trinajstić information content (AvgIpc) is 2.79. The fraction of sp³-hybridized carbons (Fsp3) is 0.682. The van der Waals surface area contributed by atoms with Crippen molar-refractivity contribution in [3.8, 4) is 0 Å². The molecule has 3 rings (SSSR count). The molecular weight excluding hydrogens is 454 g/mol. The number of nitrogens with one attached hydrogen (secondary N) is 2. The lowest BCUT2D eigenvalue weighted by atomic mass is 9.97. The number of piperidine rings is 1. The van der Waals surface area contributed by atoms with Crippen molar-refractivity contribution in [2.45, 2.75) is 68.1 Å². The van der Waals surface area contributed by atoms with Gasteiger partial charge in [-0.25, -0.2) is 13.1 Å². The molecular formula is C22H34ClN3O5S. The highest BCUT2D eigenvalue weighted by Crippen LogP contribution is 2.22. The predicted molar refractivity (Wildman–Crippen MR) is 123 cm³/mol. The lowest BCUT2D eigenvalue weighted by molar-refractivity contribution is -0.128. The number of benzene rings is 1. The van der Waals surface area contributed by atoms with Crippen LogP contribution in [0.2, 0.25) is 5.02 Å². The molecule has 2 aliphatic rings. The van der Waals surface area contributed by atoms with Gasteiger partial charge >= 0.3 is 0 Å². The predicted octanol–water partition coefficient (Wildman–Crippen LogP) is 1.91. The summed E-state index contributed by atoms with van der Waals surface area (Å²) in [6, 6.07) is 5.76. The highest BCUT2D eigenvalue weighted by atomic mass is 35.5. The van der Waals surface area contributed by atoms with Crippen LogP contribution in [0.15, 0.2) is 29.2 Å². The molecule has 0 unspecified atom stereocenters. The fourth-order valence-electron chi connectivity index (χ4n) is 4.28. The van der Waals surface area contributed by atoms with Crippen LogP contribution in [0.4, 0.5) is 0 Å². The van der Waals surface area contributed by atoms with Crippen molar-refractivity contribution in [1.29, 1.82) is 0 Å². The number of aliphatic hydroxyl groups is 1. The minimum Gasteiger partial charge on any atom is -0.394 e. The molecule has 1 aromatic rings. The Labute approximate surface area is 195 Å². The van der Waals surface area contributed by atoms with E-state index in [1.807, 2.05) is 0 Å². The normalized spacial score (nSPS) is 24.9. The van der Waals surface area contributed by atoms with Crippen LogP contribution >= 0.6 is 11.6 Å². The van der Waals surface area contributed by atoms with Gasteiger partial charge in [0, 0.05) is 24.5 Å². The number of carbonyl (C=O) groups excluding carboxylic acids is 1. The van der Waals surface area contributed by atoms with E-state index in [0.29, 0.717) is 30.7 Å².